The fourth-order valence-corrected chi connectivity index (χ4v) is 1.16. The largest absolute Gasteiger partial charge is 0.465 e. The fraction of sp³-hybridized carbons (Fsp3) is 0.417. The molecule has 0 amide bonds. The Bertz CT molecular complexity index is 326. The summed E-state index contributed by atoms with van der Waals surface area (Å²) in [6.45, 7) is 8.23. The SMILES string of the molecule is CC(/C=C/c1ccco1)=NC(C)(C)C. The highest BCUT2D eigenvalue weighted by atomic mass is 16.3. The fourth-order valence-electron chi connectivity index (χ4n) is 1.16. The number of hydrogen-bond donors (Lipinski definition) is 0. The zero-order valence-corrected chi connectivity index (χ0v) is 9.24. The van der Waals surface area contributed by atoms with E-state index < -0.39 is 0 Å². The average Bonchev–Trinajstić information content (AvgIpc) is 2.49. The number of hydrogen-bond acceptors (Lipinski definition) is 2. The molecule has 0 N–H and O–H groups in total. The smallest absolute Gasteiger partial charge is 0.126 e. The molecule has 1 heterocycles. The van der Waals surface area contributed by atoms with E-state index in [9.17, 15) is 0 Å². The second-order valence-electron chi connectivity index (χ2n) is 4.27. The van der Waals surface area contributed by atoms with E-state index in [-0.39, 0.29) is 5.54 Å². The molecule has 0 unspecified atom stereocenters. The molecule has 2 nitrogen and oxygen atoms in total. The molecule has 1 rings (SSSR count). The summed E-state index contributed by atoms with van der Waals surface area (Å²) in [5, 5.41) is 0. The molecule has 0 aliphatic rings. The summed E-state index contributed by atoms with van der Waals surface area (Å²) in [6.07, 6.45) is 5.55. The van der Waals surface area contributed by atoms with Crippen molar-refractivity contribution in [3.63, 3.8) is 0 Å². The molecule has 0 spiro atoms. The van der Waals surface area contributed by atoms with Crippen LogP contribution in [0, 0.1) is 0 Å². The van der Waals surface area contributed by atoms with Crippen molar-refractivity contribution < 1.29 is 4.42 Å². The first-order valence-corrected chi connectivity index (χ1v) is 4.75. The van der Waals surface area contributed by atoms with E-state index in [4.69, 9.17) is 4.42 Å². The third-order valence-corrected chi connectivity index (χ3v) is 1.54. The minimum atomic E-state index is -0.0163. The van der Waals surface area contributed by atoms with E-state index in [1.807, 2.05) is 31.2 Å². The van der Waals surface area contributed by atoms with Crippen molar-refractivity contribution in [1.29, 1.82) is 0 Å². The van der Waals surface area contributed by atoms with Gasteiger partial charge in [0.15, 0.2) is 0 Å². The van der Waals surface area contributed by atoms with E-state index in [1.54, 1.807) is 6.26 Å². The highest BCUT2D eigenvalue weighted by Gasteiger charge is 2.05. The van der Waals surface area contributed by atoms with Crippen LogP contribution in [0.5, 0.6) is 0 Å². The minimum absolute atomic E-state index is 0.0163. The van der Waals surface area contributed by atoms with Gasteiger partial charge < -0.3 is 4.42 Å². The van der Waals surface area contributed by atoms with Crippen molar-refractivity contribution in [2.45, 2.75) is 33.2 Å². The number of aliphatic imine (C=N–C) groups is 1. The van der Waals surface area contributed by atoms with Gasteiger partial charge in [-0.2, -0.15) is 0 Å². The maximum atomic E-state index is 5.17. The molecule has 0 aromatic carbocycles. The lowest BCUT2D eigenvalue weighted by Gasteiger charge is -2.12. The molecule has 1 aromatic heterocycles. The summed E-state index contributed by atoms with van der Waals surface area (Å²) in [5.41, 5.74) is 0.992. The first-order chi connectivity index (χ1) is 6.47. The Kier molecular flexibility index (Phi) is 3.28. The van der Waals surface area contributed by atoms with Gasteiger partial charge in [-0.25, -0.2) is 0 Å². The molecule has 0 saturated heterocycles. The van der Waals surface area contributed by atoms with Crippen LogP contribution in [0.15, 0.2) is 33.9 Å². The van der Waals surface area contributed by atoms with Crippen LogP contribution >= 0.6 is 0 Å². The molecule has 1 aromatic rings. The second kappa shape index (κ2) is 4.27. The molecule has 0 atom stereocenters. The molecule has 14 heavy (non-hydrogen) atoms. The molecular formula is C12H17NO. The van der Waals surface area contributed by atoms with Gasteiger partial charge in [-0.3, -0.25) is 4.99 Å². The van der Waals surface area contributed by atoms with Crippen LogP contribution in [-0.2, 0) is 0 Å². The summed E-state index contributed by atoms with van der Waals surface area (Å²) >= 11 is 0. The zero-order valence-electron chi connectivity index (χ0n) is 9.24. The van der Waals surface area contributed by atoms with Gasteiger partial charge in [-0.05, 0) is 52.0 Å². The second-order valence-corrected chi connectivity index (χ2v) is 4.27. The van der Waals surface area contributed by atoms with E-state index in [1.165, 1.54) is 0 Å². The van der Waals surface area contributed by atoms with Crippen LogP contribution in [0.3, 0.4) is 0 Å². The number of allylic oxidation sites excluding steroid dienone is 1. The normalized spacial score (nSPS) is 13.9. The van der Waals surface area contributed by atoms with E-state index in [0.29, 0.717) is 0 Å². The molecule has 0 aliphatic carbocycles. The lowest BCUT2D eigenvalue weighted by Crippen LogP contribution is -2.11. The van der Waals surface area contributed by atoms with Crippen LogP contribution in [0.4, 0.5) is 0 Å². The summed E-state index contributed by atoms with van der Waals surface area (Å²) in [6, 6.07) is 3.79. The van der Waals surface area contributed by atoms with Gasteiger partial charge in [-0.1, -0.05) is 0 Å². The molecule has 76 valence electrons. The third-order valence-electron chi connectivity index (χ3n) is 1.54. The summed E-state index contributed by atoms with van der Waals surface area (Å²) < 4.78 is 5.17. The Balaban J connectivity index is 2.65. The maximum absolute atomic E-state index is 5.17. The van der Waals surface area contributed by atoms with Crippen molar-refractivity contribution in [1.82, 2.24) is 0 Å². The van der Waals surface area contributed by atoms with Gasteiger partial charge >= 0.3 is 0 Å². The lowest BCUT2D eigenvalue weighted by molar-refractivity contribution is 0.557. The molecule has 0 bridgehead atoms. The molecule has 0 aliphatic heterocycles. The zero-order chi connectivity index (χ0) is 10.6. The van der Waals surface area contributed by atoms with Gasteiger partial charge in [0.05, 0.1) is 11.8 Å². The average molecular weight is 191 g/mol. The summed E-state index contributed by atoms with van der Waals surface area (Å²) in [5.74, 6) is 0.855. The van der Waals surface area contributed by atoms with Crippen LogP contribution in [0.25, 0.3) is 6.08 Å². The number of rotatable bonds is 2. The maximum Gasteiger partial charge on any atom is 0.126 e. The highest BCUT2D eigenvalue weighted by Crippen LogP contribution is 2.08. The molecular weight excluding hydrogens is 174 g/mol. The van der Waals surface area contributed by atoms with Crippen LogP contribution in [-0.4, -0.2) is 11.3 Å². The lowest BCUT2D eigenvalue weighted by atomic mass is 10.1. The predicted molar refractivity (Wildman–Crippen MR) is 60.6 cm³/mol. The van der Waals surface area contributed by atoms with Gasteiger partial charge in [-0.15, -0.1) is 0 Å². The summed E-state index contributed by atoms with van der Waals surface area (Å²) in [4.78, 5) is 4.50. The van der Waals surface area contributed by atoms with Gasteiger partial charge in [0.2, 0.25) is 0 Å². The number of furan rings is 1. The predicted octanol–water partition coefficient (Wildman–Crippen LogP) is 3.55. The molecule has 0 saturated carbocycles. The van der Waals surface area contributed by atoms with E-state index in [0.717, 1.165) is 11.5 Å². The van der Waals surface area contributed by atoms with Crippen LogP contribution in [0.2, 0.25) is 0 Å². The first kappa shape index (κ1) is 10.8. The molecule has 0 fully saturated rings. The van der Waals surface area contributed by atoms with E-state index >= 15 is 0 Å². The Morgan fingerprint density at radius 1 is 1.43 bits per heavy atom. The Hall–Kier alpha value is -1.31. The first-order valence-electron chi connectivity index (χ1n) is 4.75. The molecule has 0 radical (unpaired) electrons. The van der Waals surface area contributed by atoms with Gasteiger partial charge in [0, 0.05) is 5.71 Å². The topological polar surface area (TPSA) is 25.5 Å². The molecule has 2 heteroatoms. The van der Waals surface area contributed by atoms with Crippen LogP contribution in [0.1, 0.15) is 33.5 Å². The van der Waals surface area contributed by atoms with Gasteiger partial charge in [0.25, 0.3) is 0 Å². The Labute approximate surface area is 85.4 Å². The van der Waals surface area contributed by atoms with Crippen molar-refractivity contribution in [3.8, 4) is 0 Å². The Morgan fingerprint density at radius 3 is 2.64 bits per heavy atom. The van der Waals surface area contributed by atoms with Crippen molar-refractivity contribution >= 4 is 11.8 Å². The standard InChI is InChI=1S/C12H17NO/c1-10(13-12(2,3)4)7-8-11-6-5-9-14-11/h5-9H,1-4H3/b8-7+,13-10?. The quantitative estimate of drug-likeness (QED) is 0.656. The van der Waals surface area contributed by atoms with Crippen molar-refractivity contribution in [2.24, 2.45) is 4.99 Å². The monoisotopic (exact) mass is 191 g/mol. The highest BCUT2D eigenvalue weighted by molar-refractivity contribution is 5.96. The van der Waals surface area contributed by atoms with Gasteiger partial charge in [0.1, 0.15) is 5.76 Å². The summed E-state index contributed by atoms with van der Waals surface area (Å²) in [7, 11) is 0. The van der Waals surface area contributed by atoms with Crippen molar-refractivity contribution in [2.75, 3.05) is 0 Å². The van der Waals surface area contributed by atoms with E-state index in [2.05, 4.69) is 25.8 Å². The minimum Gasteiger partial charge on any atom is -0.465 e. The Morgan fingerprint density at radius 2 is 2.14 bits per heavy atom. The van der Waals surface area contributed by atoms with Crippen LogP contribution < -0.4 is 0 Å². The van der Waals surface area contributed by atoms with Crippen molar-refractivity contribution in [3.05, 3.63) is 30.2 Å². The number of nitrogens with zero attached hydrogens (tertiary/aromatic N) is 1. The third kappa shape index (κ3) is 4.08.